The Labute approximate surface area is 282 Å². The van der Waals surface area contributed by atoms with Gasteiger partial charge in [0, 0.05) is 18.1 Å². The summed E-state index contributed by atoms with van der Waals surface area (Å²) >= 11 is 9.53. The van der Waals surface area contributed by atoms with Gasteiger partial charge in [-0.3, -0.25) is 4.90 Å². The minimum absolute atomic E-state index is 0.139. The lowest BCUT2D eigenvalue weighted by Crippen LogP contribution is -2.43. The van der Waals surface area contributed by atoms with E-state index in [1.54, 1.807) is 0 Å². The van der Waals surface area contributed by atoms with E-state index in [0.29, 0.717) is 12.1 Å². The van der Waals surface area contributed by atoms with Crippen LogP contribution in [0.2, 0.25) is 19.6 Å². The molecule has 0 aliphatic carbocycles. The summed E-state index contributed by atoms with van der Waals surface area (Å²) in [6, 6.07) is 1.79. The fraction of sp³-hybridized carbons (Fsp3) is 0.750. The molecule has 2 unspecified atom stereocenters. The quantitative estimate of drug-likeness (QED) is 0.130. The molecule has 0 saturated carbocycles. The van der Waals surface area contributed by atoms with Gasteiger partial charge in [-0.15, -0.1) is 36.4 Å². The van der Waals surface area contributed by atoms with Crippen molar-refractivity contribution in [1.29, 1.82) is 0 Å². The number of halogens is 5. The molecule has 2 aliphatic rings. The largest absolute Gasteiger partial charge is 0.522 e. The third-order valence-electron chi connectivity index (χ3n) is 5.59. The summed E-state index contributed by atoms with van der Waals surface area (Å²) in [5.41, 5.74) is -5.74. The van der Waals surface area contributed by atoms with Gasteiger partial charge in [0.25, 0.3) is 0 Å². The number of carbonyl (C=O) groups excluding carboxylic acids is 5. The van der Waals surface area contributed by atoms with E-state index in [4.69, 9.17) is 47.1 Å². The number of carbonyl (C=O) groups is 1. The van der Waals surface area contributed by atoms with Crippen LogP contribution in [0.1, 0.15) is 73.1 Å². The van der Waals surface area contributed by atoms with Crippen LogP contribution in [0.15, 0.2) is 25.3 Å². The number of hydrogen-bond donors (Lipinski definition) is 1. The van der Waals surface area contributed by atoms with Crippen molar-refractivity contribution in [2.75, 3.05) is 5.34 Å². The van der Waals surface area contributed by atoms with Crippen LogP contribution >= 0.6 is 23.2 Å². The Hall–Kier alpha value is -2.03. The molecule has 0 radical (unpaired) electrons. The fourth-order valence-electron chi connectivity index (χ4n) is 3.88. The van der Waals surface area contributed by atoms with Crippen molar-refractivity contribution in [3.8, 4) is 0 Å². The Balaban J connectivity index is -0.000000260. The maximum Gasteiger partial charge on any atom is 0.522 e. The summed E-state index contributed by atoms with van der Waals surface area (Å²) in [5, 5.41) is 3.67. The number of nitrogens with one attached hydrogen (secondary N) is 1. The summed E-state index contributed by atoms with van der Waals surface area (Å²) < 4.78 is 65.1. The number of alkyl halides is 5. The van der Waals surface area contributed by atoms with E-state index in [-0.39, 0.29) is 29.8 Å². The van der Waals surface area contributed by atoms with Crippen LogP contribution in [0.3, 0.4) is 0 Å². The summed E-state index contributed by atoms with van der Waals surface area (Å²) in [6.45, 7) is 21.6. The van der Waals surface area contributed by atoms with E-state index in [0.717, 1.165) is 25.3 Å². The van der Waals surface area contributed by atoms with E-state index < -0.39 is 29.5 Å². The van der Waals surface area contributed by atoms with Gasteiger partial charge in [-0.05, 0) is 78.9 Å². The highest BCUT2D eigenvalue weighted by Gasteiger charge is 2.49. The monoisotopic (exact) mass is 744 g/mol. The van der Waals surface area contributed by atoms with Gasteiger partial charge in [0.15, 0.2) is 0 Å². The molecule has 18 heteroatoms. The van der Waals surface area contributed by atoms with Crippen LogP contribution in [0, 0.1) is 0 Å². The van der Waals surface area contributed by atoms with Gasteiger partial charge in [-0.25, -0.2) is 4.79 Å². The molecule has 11 nitrogen and oxygen atoms in total. The molecule has 0 aromatic carbocycles. The van der Waals surface area contributed by atoms with Gasteiger partial charge in [-0.2, -0.15) is 40.8 Å². The second-order valence-electron chi connectivity index (χ2n) is 11.4. The first-order valence-electron chi connectivity index (χ1n) is 14.1. The van der Waals surface area contributed by atoms with Gasteiger partial charge in [-0.1, -0.05) is 26.0 Å². The molecule has 46 heavy (non-hydrogen) atoms. The second kappa shape index (κ2) is 26.0. The first kappa shape index (κ1) is 50.8. The van der Waals surface area contributed by atoms with Crippen LogP contribution in [0.4, 0.5) is 18.0 Å². The third kappa shape index (κ3) is 26.1. The fourth-order valence-corrected chi connectivity index (χ4v) is 6.89. The second-order valence-corrected chi connectivity index (χ2v) is 18.5. The molecule has 2 saturated heterocycles. The SMILES string of the molecule is C=CC1CC[C@@H](CC)N1.C=CC1CC[C@@H](CC)N1C(=O)OC(C)(C)C.C[Si](C)(C)OS(=O)(=O)C(F)(F)F.ClCCl.O=C=O.O=C=O. The van der Waals surface area contributed by atoms with E-state index in [1.807, 2.05) is 37.8 Å². The third-order valence-corrected chi connectivity index (χ3v) is 9.04. The number of amides is 1. The number of hydrogen-bond acceptors (Lipinski definition) is 10. The average Bonchev–Trinajstić information content (AvgIpc) is 3.54. The van der Waals surface area contributed by atoms with Crippen LogP contribution in [-0.4, -0.2) is 80.6 Å². The highest BCUT2D eigenvalue weighted by atomic mass is 35.5. The highest BCUT2D eigenvalue weighted by Crippen LogP contribution is 2.29. The highest BCUT2D eigenvalue weighted by molar-refractivity contribution is 7.88. The first-order valence-corrected chi connectivity index (χ1v) is 20.0. The van der Waals surface area contributed by atoms with Crippen molar-refractivity contribution < 1.29 is 54.2 Å². The Morgan fingerprint density at radius 1 is 0.957 bits per heavy atom. The number of ether oxygens (including phenoxy) is 1. The predicted octanol–water partition coefficient (Wildman–Crippen LogP) is 7.00. The lowest BCUT2D eigenvalue weighted by atomic mass is 10.1. The Morgan fingerprint density at radius 3 is 1.65 bits per heavy atom. The topological polar surface area (TPSA) is 153 Å². The van der Waals surface area contributed by atoms with E-state index in [2.05, 4.69) is 36.2 Å². The molecule has 4 atom stereocenters. The first-order chi connectivity index (χ1) is 20.9. The minimum Gasteiger partial charge on any atom is -0.444 e. The number of likely N-dealkylation sites (tertiary alicyclic amines) is 1. The van der Waals surface area contributed by atoms with Crippen molar-refractivity contribution in [2.45, 2.75) is 128 Å². The van der Waals surface area contributed by atoms with Crippen molar-refractivity contribution in [3.63, 3.8) is 0 Å². The Kier molecular flexibility index (Phi) is 28.7. The van der Waals surface area contributed by atoms with Crippen molar-refractivity contribution in [2.24, 2.45) is 0 Å². The molecule has 270 valence electrons. The normalized spacial score (nSPS) is 20.3. The molecule has 0 aromatic rings. The molecule has 1 amide bonds. The molecular formula is C28H49Cl2F3N2O9SSi. The van der Waals surface area contributed by atoms with Crippen molar-refractivity contribution in [1.82, 2.24) is 10.2 Å². The van der Waals surface area contributed by atoms with Crippen molar-refractivity contribution >= 4 is 60.0 Å². The number of rotatable bonds is 6. The molecule has 2 heterocycles. The molecule has 0 aromatic heterocycles. The zero-order valence-corrected chi connectivity index (χ0v) is 31.1. The summed E-state index contributed by atoms with van der Waals surface area (Å²) in [7, 11) is -8.10. The molecular weight excluding hydrogens is 696 g/mol. The van der Waals surface area contributed by atoms with E-state index >= 15 is 0 Å². The van der Waals surface area contributed by atoms with Crippen LogP contribution < -0.4 is 5.32 Å². The molecule has 1 N–H and O–H groups in total. The lowest BCUT2D eigenvalue weighted by molar-refractivity contribution is -0.193. The standard InChI is InChI=1S/C13H23NO2.C8H15N.C4H9F3O3SSi.CH2Cl2.2CO2/c1-6-10-8-9-11(7-2)14(10)12(15)16-13(3,4)5;1-3-7-5-6-8(4-2)9-7;1-12(2,3)10-11(8,9)4(5,6)7;3*2-1-3/h6,10-11H,1,7-9H2,2-5H3;3,7-9H,1,4-6H2,2H3;1-3H3;1H2;;/t10?,11-;7?,8-;;;;/m11..../s1. The minimum atomic E-state index is -5.39. The zero-order chi connectivity index (χ0) is 37.4. The van der Waals surface area contributed by atoms with E-state index in [1.165, 1.54) is 38.9 Å². The van der Waals surface area contributed by atoms with Gasteiger partial charge >= 0.3 is 34.0 Å². The Bertz CT molecular complexity index is 1030. The summed E-state index contributed by atoms with van der Waals surface area (Å²) in [4.78, 5) is 46.4. The number of nitrogens with zero attached hydrogens (tertiary/aromatic N) is 1. The maximum atomic E-state index is 12.1. The van der Waals surface area contributed by atoms with Crippen molar-refractivity contribution in [3.05, 3.63) is 25.3 Å². The van der Waals surface area contributed by atoms with Gasteiger partial charge in [0.1, 0.15) is 5.60 Å². The van der Waals surface area contributed by atoms with E-state index in [9.17, 15) is 26.4 Å². The predicted molar refractivity (Wildman–Crippen MR) is 172 cm³/mol. The van der Waals surface area contributed by atoms with Gasteiger partial charge < -0.3 is 13.9 Å². The molecule has 2 rings (SSSR count). The molecule has 0 spiro atoms. The van der Waals surface area contributed by atoms with Crippen LogP contribution in [-0.2, 0) is 37.9 Å². The summed E-state index contributed by atoms with van der Waals surface area (Å²) in [5.74, 6) is 0. The van der Waals surface area contributed by atoms with Crippen LogP contribution in [0.5, 0.6) is 0 Å². The molecule has 0 bridgehead atoms. The van der Waals surface area contributed by atoms with Gasteiger partial charge in [0.2, 0.25) is 8.32 Å². The lowest BCUT2D eigenvalue weighted by Gasteiger charge is -2.31. The average molecular weight is 746 g/mol. The molecule has 2 aliphatic heterocycles. The summed E-state index contributed by atoms with van der Waals surface area (Å²) in [6.07, 6.45) is 11.0. The van der Waals surface area contributed by atoms with Crippen LogP contribution in [0.25, 0.3) is 0 Å². The smallest absolute Gasteiger partial charge is 0.444 e. The molecule has 2 fully saturated rings. The maximum absolute atomic E-state index is 12.1. The zero-order valence-electron chi connectivity index (χ0n) is 27.7. The Morgan fingerprint density at radius 2 is 1.41 bits per heavy atom. The van der Waals surface area contributed by atoms with Gasteiger partial charge in [0.05, 0.1) is 11.4 Å².